The van der Waals surface area contributed by atoms with Gasteiger partial charge in [0.25, 0.3) is 0 Å². The number of hydrogen-bond acceptors (Lipinski definition) is 1. The molecule has 0 N–H and O–H groups in total. The molecule has 0 amide bonds. The molecular formula is C15H22OSn. The average Bonchev–Trinajstić information content (AvgIpc) is 2.27. The molecule has 0 unspecified atom stereocenters. The second-order valence-electron chi connectivity index (χ2n) is 5.78. The molecule has 2 heteroatoms. The molecule has 1 nitrogen and oxygen atoms in total. The van der Waals surface area contributed by atoms with E-state index in [1.54, 1.807) is 0 Å². The van der Waals surface area contributed by atoms with Crippen LogP contribution in [0.25, 0.3) is 0 Å². The van der Waals surface area contributed by atoms with Gasteiger partial charge in [0.1, 0.15) is 0 Å². The quantitative estimate of drug-likeness (QED) is 0.438. The van der Waals surface area contributed by atoms with E-state index >= 15 is 0 Å². The first-order valence-electron chi connectivity index (χ1n) is 6.12. The first-order chi connectivity index (χ1) is 7.88. The van der Waals surface area contributed by atoms with E-state index in [4.69, 9.17) is 0 Å². The fourth-order valence-electron chi connectivity index (χ4n) is 1.53. The van der Waals surface area contributed by atoms with E-state index in [0.717, 1.165) is 5.56 Å². The van der Waals surface area contributed by atoms with Crippen molar-refractivity contribution in [3.63, 3.8) is 0 Å². The minimum absolute atomic E-state index is 0.225. The van der Waals surface area contributed by atoms with E-state index in [1.807, 2.05) is 30.3 Å². The van der Waals surface area contributed by atoms with Gasteiger partial charge < -0.3 is 0 Å². The molecule has 0 aliphatic carbocycles. The number of carbonyl (C=O) groups excluding carboxylic acids is 1. The molecule has 1 rings (SSSR count). The van der Waals surface area contributed by atoms with Gasteiger partial charge in [-0.25, -0.2) is 0 Å². The van der Waals surface area contributed by atoms with Crippen LogP contribution in [0.5, 0.6) is 0 Å². The third-order valence-electron chi connectivity index (χ3n) is 2.60. The summed E-state index contributed by atoms with van der Waals surface area (Å²) >= 11 is -1.72. The van der Waals surface area contributed by atoms with Gasteiger partial charge in [-0.05, 0) is 0 Å². The third kappa shape index (κ3) is 6.06. The number of Topliss-reactive ketones (excluding diaryl/α,β-unsaturated/α-hetero) is 1. The number of hydrogen-bond donors (Lipinski definition) is 0. The standard InChI is InChI=1S/C12H13O.3CH3.Sn/c1-3-10(2)9-12(13)11-7-5-4-6-8-11;;;;/h3-8H,1,9H2,2H3;3*1H3;/b10-3-;;;;. The molecule has 17 heavy (non-hydrogen) atoms. The number of allylic oxidation sites excluding steroid dienone is 2. The Kier molecular flexibility index (Phi) is 5.44. The van der Waals surface area contributed by atoms with Crippen molar-refractivity contribution in [3.8, 4) is 0 Å². The fraction of sp³-hybridized carbons (Fsp3) is 0.400. The summed E-state index contributed by atoms with van der Waals surface area (Å²) in [6, 6.07) is 9.54. The molecule has 0 bridgehead atoms. The summed E-state index contributed by atoms with van der Waals surface area (Å²) in [5.41, 5.74) is 2.03. The maximum absolute atomic E-state index is 12.0. The van der Waals surface area contributed by atoms with Gasteiger partial charge in [0.15, 0.2) is 0 Å². The molecule has 92 valence electrons. The van der Waals surface area contributed by atoms with Gasteiger partial charge in [0.2, 0.25) is 0 Å². The zero-order valence-corrected chi connectivity index (χ0v) is 14.1. The Hall–Kier alpha value is -0.571. The second kappa shape index (κ2) is 6.39. The predicted molar refractivity (Wildman–Crippen MR) is 77.3 cm³/mol. The fourth-order valence-corrected chi connectivity index (χ4v) is 4.27. The van der Waals surface area contributed by atoms with Crippen LogP contribution in [0.3, 0.4) is 0 Å². The minimum atomic E-state index is -1.72. The van der Waals surface area contributed by atoms with Gasteiger partial charge >= 0.3 is 109 Å². The summed E-state index contributed by atoms with van der Waals surface area (Å²) in [4.78, 5) is 19.2. The Morgan fingerprint density at radius 3 is 2.29 bits per heavy atom. The zero-order chi connectivity index (χ0) is 12.9. The Morgan fingerprint density at radius 1 is 1.18 bits per heavy atom. The molecular weight excluding hydrogens is 315 g/mol. The molecule has 0 atom stereocenters. The third-order valence-corrected chi connectivity index (χ3v) is 6.68. The summed E-state index contributed by atoms with van der Waals surface area (Å²) in [6.07, 6.45) is 2.84. The summed E-state index contributed by atoms with van der Waals surface area (Å²) in [5.74, 6) is 0.225. The van der Waals surface area contributed by atoms with Crippen LogP contribution in [0.4, 0.5) is 0 Å². The first-order valence-corrected chi connectivity index (χ1v) is 16.7. The number of carbonyl (C=O) groups is 1. The molecule has 0 fully saturated rings. The summed E-state index contributed by atoms with van der Waals surface area (Å²) in [5, 5.41) is 0. The number of ketones is 1. The topological polar surface area (TPSA) is 17.1 Å². The van der Waals surface area contributed by atoms with Gasteiger partial charge in [0.05, 0.1) is 0 Å². The zero-order valence-electron chi connectivity index (χ0n) is 11.3. The van der Waals surface area contributed by atoms with Crippen LogP contribution in [0.15, 0.2) is 42.0 Å². The normalized spacial score (nSPS) is 12.6. The van der Waals surface area contributed by atoms with Crippen LogP contribution in [0, 0.1) is 0 Å². The van der Waals surface area contributed by atoms with Crippen molar-refractivity contribution in [3.05, 3.63) is 47.5 Å². The SMILES string of the molecule is C/C(=C/[CH2][Sn]([CH3])([CH3])[CH3])CC(=O)c1ccccc1. The van der Waals surface area contributed by atoms with E-state index < -0.39 is 18.4 Å². The van der Waals surface area contributed by atoms with Crippen LogP contribution in [-0.4, -0.2) is 24.2 Å². The summed E-state index contributed by atoms with van der Waals surface area (Å²) < 4.78 is 1.22. The van der Waals surface area contributed by atoms with E-state index in [1.165, 1.54) is 10.0 Å². The van der Waals surface area contributed by atoms with Crippen LogP contribution < -0.4 is 0 Å². The number of benzene rings is 1. The van der Waals surface area contributed by atoms with Crippen molar-refractivity contribution >= 4 is 24.2 Å². The number of rotatable bonds is 5. The van der Waals surface area contributed by atoms with Gasteiger partial charge in [-0.2, -0.15) is 0 Å². The second-order valence-corrected chi connectivity index (χ2v) is 21.6. The van der Waals surface area contributed by atoms with Gasteiger partial charge in [-0.3, -0.25) is 0 Å². The van der Waals surface area contributed by atoms with Crippen molar-refractivity contribution in [1.82, 2.24) is 0 Å². The van der Waals surface area contributed by atoms with Crippen molar-refractivity contribution < 1.29 is 4.79 Å². The Bertz CT molecular complexity index is 399. The molecule has 0 spiro atoms. The van der Waals surface area contributed by atoms with Crippen molar-refractivity contribution in [2.45, 2.75) is 32.6 Å². The molecule has 0 saturated carbocycles. The van der Waals surface area contributed by atoms with Gasteiger partial charge in [-0.1, -0.05) is 0 Å². The average molecular weight is 337 g/mol. The Labute approximate surface area is 109 Å². The van der Waals surface area contributed by atoms with E-state index in [-0.39, 0.29) is 5.78 Å². The monoisotopic (exact) mass is 338 g/mol. The molecule has 0 saturated heterocycles. The Morgan fingerprint density at radius 2 is 1.76 bits per heavy atom. The van der Waals surface area contributed by atoms with Crippen molar-refractivity contribution in [2.75, 3.05) is 0 Å². The molecule has 0 aromatic heterocycles. The van der Waals surface area contributed by atoms with Gasteiger partial charge in [0, 0.05) is 0 Å². The maximum atomic E-state index is 12.0. The molecule has 1 aromatic rings. The van der Waals surface area contributed by atoms with E-state index in [0.29, 0.717) is 6.42 Å². The molecule has 0 aliphatic heterocycles. The van der Waals surface area contributed by atoms with Crippen LogP contribution in [-0.2, 0) is 0 Å². The predicted octanol–water partition coefficient (Wildman–Crippen LogP) is 4.54. The summed E-state index contributed by atoms with van der Waals surface area (Å²) in [7, 11) is 0. The molecule has 0 radical (unpaired) electrons. The van der Waals surface area contributed by atoms with Crippen LogP contribution in [0.1, 0.15) is 23.7 Å². The van der Waals surface area contributed by atoms with Crippen LogP contribution >= 0.6 is 0 Å². The van der Waals surface area contributed by atoms with Crippen molar-refractivity contribution in [2.24, 2.45) is 0 Å². The summed E-state index contributed by atoms with van der Waals surface area (Å²) in [6.45, 7) is 2.07. The molecule has 0 aliphatic rings. The Balaban J connectivity index is 2.58. The van der Waals surface area contributed by atoms with E-state index in [2.05, 4.69) is 27.8 Å². The van der Waals surface area contributed by atoms with Crippen LogP contribution in [0.2, 0.25) is 19.3 Å². The molecule has 0 heterocycles. The first kappa shape index (κ1) is 14.5. The van der Waals surface area contributed by atoms with Gasteiger partial charge in [-0.15, -0.1) is 0 Å². The van der Waals surface area contributed by atoms with Crippen molar-refractivity contribution in [1.29, 1.82) is 0 Å². The van der Waals surface area contributed by atoms with E-state index in [9.17, 15) is 4.79 Å². The molecule has 1 aromatic carbocycles.